The Balaban J connectivity index is 1.80. The number of nitrogens with zero attached hydrogens (tertiary/aromatic N) is 2. The summed E-state index contributed by atoms with van der Waals surface area (Å²) in [7, 11) is 0. The smallest absolute Gasteiger partial charge is 0.287 e. The Morgan fingerprint density at radius 1 is 1.00 bits per heavy atom. The highest BCUT2D eigenvalue weighted by Gasteiger charge is 2.15. The lowest BCUT2D eigenvalue weighted by Crippen LogP contribution is -2.32. The largest absolute Gasteiger partial charge is 0.494 e. The number of non-ortho nitro benzene ring substituents is 1. The molecule has 3 aromatic carbocycles. The molecule has 172 valence electrons. The second kappa shape index (κ2) is 11.7. The Hall–Kier alpha value is -4.79. The maximum Gasteiger partial charge on any atom is 0.287 e. The summed E-state index contributed by atoms with van der Waals surface area (Å²) < 4.78 is 5.38. The summed E-state index contributed by atoms with van der Waals surface area (Å²) in [5.41, 5.74) is 3.53. The fourth-order valence-electron chi connectivity index (χ4n) is 2.88. The average Bonchev–Trinajstić information content (AvgIpc) is 2.85. The highest BCUT2D eigenvalue weighted by molar-refractivity contribution is 6.05. The van der Waals surface area contributed by atoms with Gasteiger partial charge in [-0.1, -0.05) is 30.3 Å². The molecule has 0 spiro atoms. The van der Waals surface area contributed by atoms with Crippen molar-refractivity contribution in [2.24, 2.45) is 5.10 Å². The summed E-state index contributed by atoms with van der Waals surface area (Å²) in [5.74, 6) is -0.490. The van der Waals surface area contributed by atoms with Crippen LogP contribution in [0.5, 0.6) is 5.75 Å². The van der Waals surface area contributed by atoms with Crippen LogP contribution in [0.25, 0.3) is 6.08 Å². The van der Waals surface area contributed by atoms with Gasteiger partial charge in [-0.2, -0.15) is 5.10 Å². The lowest BCUT2D eigenvalue weighted by molar-refractivity contribution is -0.384. The normalized spacial score (nSPS) is 11.1. The molecule has 0 heterocycles. The van der Waals surface area contributed by atoms with Crippen LogP contribution in [-0.4, -0.2) is 29.6 Å². The predicted octanol–water partition coefficient (Wildman–Crippen LogP) is 3.91. The summed E-state index contributed by atoms with van der Waals surface area (Å²) in [6, 6.07) is 21.2. The molecule has 0 radical (unpaired) electrons. The number of amides is 2. The molecule has 9 heteroatoms. The summed E-state index contributed by atoms with van der Waals surface area (Å²) in [6.07, 6.45) is 2.78. The van der Waals surface area contributed by atoms with Crippen molar-refractivity contribution in [1.82, 2.24) is 10.7 Å². The van der Waals surface area contributed by atoms with Crippen LogP contribution in [0.3, 0.4) is 0 Å². The van der Waals surface area contributed by atoms with Crippen LogP contribution in [0, 0.1) is 10.1 Å². The van der Waals surface area contributed by atoms with E-state index < -0.39 is 16.7 Å². The molecule has 0 fully saturated rings. The summed E-state index contributed by atoms with van der Waals surface area (Å²) in [5, 5.41) is 17.6. The number of hydrogen-bond acceptors (Lipinski definition) is 6. The number of benzene rings is 3. The Bertz CT molecular complexity index is 1220. The topological polar surface area (TPSA) is 123 Å². The van der Waals surface area contributed by atoms with Crippen LogP contribution in [-0.2, 0) is 4.79 Å². The zero-order chi connectivity index (χ0) is 24.3. The van der Waals surface area contributed by atoms with Crippen molar-refractivity contribution in [3.63, 3.8) is 0 Å². The molecule has 0 bridgehead atoms. The number of ether oxygens (including phenoxy) is 1. The molecule has 2 amide bonds. The number of carbonyl (C=O) groups is 2. The monoisotopic (exact) mass is 458 g/mol. The molecule has 0 aromatic heterocycles. The molecule has 0 atom stereocenters. The summed E-state index contributed by atoms with van der Waals surface area (Å²) in [6.45, 7) is 2.44. The van der Waals surface area contributed by atoms with E-state index in [0.29, 0.717) is 17.7 Å². The van der Waals surface area contributed by atoms with E-state index in [9.17, 15) is 19.7 Å². The van der Waals surface area contributed by atoms with Gasteiger partial charge in [0, 0.05) is 17.7 Å². The molecule has 3 aromatic rings. The highest BCUT2D eigenvalue weighted by atomic mass is 16.6. The maximum atomic E-state index is 12.8. The van der Waals surface area contributed by atoms with Crippen molar-refractivity contribution in [3.8, 4) is 5.75 Å². The van der Waals surface area contributed by atoms with Crippen molar-refractivity contribution in [2.45, 2.75) is 6.92 Å². The second-order valence-corrected chi connectivity index (χ2v) is 6.93. The number of nitro groups is 1. The van der Waals surface area contributed by atoms with Gasteiger partial charge < -0.3 is 10.1 Å². The van der Waals surface area contributed by atoms with Gasteiger partial charge in [0.15, 0.2) is 0 Å². The summed E-state index contributed by atoms with van der Waals surface area (Å²) >= 11 is 0. The number of nitrogens with one attached hydrogen (secondary N) is 2. The van der Waals surface area contributed by atoms with Gasteiger partial charge in [-0.15, -0.1) is 0 Å². The van der Waals surface area contributed by atoms with Gasteiger partial charge >= 0.3 is 0 Å². The zero-order valence-electron chi connectivity index (χ0n) is 18.3. The van der Waals surface area contributed by atoms with Gasteiger partial charge in [0.1, 0.15) is 11.4 Å². The van der Waals surface area contributed by atoms with Gasteiger partial charge in [0.05, 0.1) is 17.7 Å². The Kier molecular flexibility index (Phi) is 8.23. The van der Waals surface area contributed by atoms with E-state index in [1.54, 1.807) is 60.7 Å². The minimum atomic E-state index is -0.696. The molecule has 0 aliphatic rings. The molecule has 0 aliphatic carbocycles. The van der Waals surface area contributed by atoms with Crippen molar-refractivity contribution in [3.05, 3.63) is 111 Å². The first kappa shape index (κ1) is 23.9. The van der Waals surface area contributed by atoms with Gasteiger partial charge in [0.25, 0.3) is 17.5 Å². The van der Waals surface area contributed by atoms with Gasteiger partial charge in [-0.3, -0.25) is 19.7 Å². The minimum absolute atomic E-state index is 0.127. The third-order valence-electron chi connectivity index (χ3n) is 4.49. The van der Waals surface area contributed by atoms with Crippen molar-refractivity contribution < 1.29 is 19.2 Å². The Morgan fingerprint density at radius 2 is 1.74 bits per heavy atom. The molecular formula is C25H22N4O5. The maximum absolute atomic E-state index is 12.8. The van der Waals surface area contributed by atoms with Crippen LogP contribution in [0.2, 0.25) is 0 Å². The van der Waals surface area contributed by atoms with Crippen molar-refractivity contribution >= 4 is 29.8 Å². The van der Waals surface area contributed by atoms with E-state index in [1.165, 1.54) is 30.5 Å². The second-order valence-electron chi connectivity index (χ2n) is 6.93. The van der Waals surface area contributed by atoms with E-state index in [4.69, 9.17) is 4.74 Å². The molecule has 9 nitrogen and oxygen atoms in total. The van der Waals surface area contributed by atoms with E-state index in [-0.39, 0.29) is 11.4 Å². The van der Waals surface area contributed by atoms with Crippen LogP contribution in [0.15, 0.2) is 89.7 Å². The molecular weight excluding hydrogens is 436 g/mol. The molecule has 0 aliphatic heterocycles. The van der Waals surface area contributed by atoms with Crippen molar-refractivity contribution in [2.75, 3.05) is 6.61 Å². The van der Waals surface area contributed by atoms with Crippen LogP contribution >= 0.6 is 0 Å². The number of hydrogen-bond donors (Lipinski definition) is 2. The van der Waals surface area contributed by atoms with Gasteiger partial charge in [-0.05, 0) is 60.5 Å². The lowest BCUT2D eigenvalue weighted by Gasteiger charge is -2.09. The van der Waals surface area contributed by atoms with Crippen LogP contribution in [0.4, 0.5) is 5.69 Å². The fourth-order valence-corrected chi connectivity index (χ4v) is 2.88. The number of hydrazone groups is 1. The molecule has 2 N–H and O–H groups in total. The molecule has 34 heavy (non-hydrogen) atoms. The van der Waals surface area contributed by atoms with E-state index >= 15 is 0 Å². The third-order valence-corrected chi connectivity index (χ3v) is 4.49. The molecule has 0 unspecified atom stereocenters. The van der Waals surface area contributed by atoms with E-state index in [0.717, 1.165) is 11.3 Å². The van der Waals surface area contributed by atoms with Crippen LogP contribution < -0.4 is 15.5 Å². The van der Waals surface area contributed by atoms with Crippen LogP contribution in [0.1, 0.15) is 28.4 Å². The summed E-state index contributed by atoms with van der Waals surface area (Å²) in [4.78, 5) is 36.0. The number of nitro benzene ring substituents is 1. The standard InChI is InChI=1S/C25H22N4O5/c1-2-34-22-13-11-18(12-14-22)17-26-28-25(31)23(27-24(30)20-8-4-3-5-9-20)16-19-7-6-10-21(15-19)29(32)33/h3-17H,2H2,1H3,(H,27,30)(H,28,31)/b23-16-,26-17-. The molecule has 0 saturated heterocycles. The highest BCUT2D eigenvalue weighted by Crippen LogP contribution is 2.16. The van der Waals surface area contributed by atoms with Gasteiger partial charge in [0.2, 0.25) is 0 Å². The quantitative estimate of drug-likeness (QED) is 0.218. The first-order valence-electron chi connectivity index (χ1n) is 10.3. The van der Waals surface area contributed by atoms with Gasteiger partial charge in [-0.25, -0.2) is 5.43 Å². The SMILES string of the molecule is CCOc1ccc(/C=N\NC(=O)/C(=C/c2cccc([N+](=O)[O-])c2)NC(=O)c2ccccc2)cc1. The first-order chi connectivity index (χ1) is 16.5. The molecule has 0 saturated carbocycles. The first-order valence-corrected chi connectivity index (χ1v) is 10.3. The minimum Gasteiger partial charge on any atom is -0.494 e. The lowest BCUT2D eigenvalue weighted by atomic mass is 10.1. The van der Waals surface area contributed by atoms with E-state index in [2.05, 4.69) is 15.8 Å². The zero-order valence-corrected chi connectivity index (χ0v) is 18.3. The average molecular weight is 458 g/mol. The Morgan fingerprint density at radius 3 is 2.41 bits per heavy atom. The number of carbonyl (C=O) groups excluding carboxylic acids is 2. The molecule has 3 rings (SSSR count). The fraction of sp³-hybridized carbons (Fsp3) is 0.0800. The third kappa shape index (κ3) is 6.86. The number of rotatable bonds is 9. The Labute approximate surface area is 195 Å². The van der Waals surface area contributed by atoms with E-state index in [1.807, 2.05) is 6.92 Å². The predicted molar refractivity (Wildman–Crippen MR) is 128 cm³/mol. The van der Waals surface area contributed by atoms with Crippen molar-refractivity contribution in [1.29, 1.82) is 0 Å².